The molecule has 6 heteroatoms. The number of aryl methyl sites for hydroxylation is 2. The summed E-state index contributed by atoms with van der Waals surface area (Å²) in [7, 11) is 0. The van der Waals surface area contributed by atoms with E-state index in [1.165, 1.54) is 0 Å². The molecular formula is C27H22Cl2N2O2. The third kappa shape index (κ3) is 4.17. The van der Waals surface area contributed by atoms with Crippen molar-refractivity contribution in [2.75, 3.05) is 22.4 Å². The first-order chi connectivity index (χ1) is 16.1. The van der Waals surface area contributed by atoms with Gasteiger partial charge in [-0.1, -0.05) is 42.5 Å². The largest absolute Gasteiger partial charge is 0.325 e. The van der Waals surface area contributed by atoms with Crippen LogP contribution in [0.25, 0.3) is 11.6 Å². The second-order valence-electron chi connectivity index (χ2n) is 8.28. The van der Waals surface area contributed by atoms with Gasteiger partial charge in [0.15, 0.2) is 0 Å². The molecule has 0 radical (unpaired) electrons. The highest BCUT2D eigenvalue weighted by Gasteiger charge is 2.32. The molecule has 2 aliphatic rings. The van der Waals surface area contributed by atoms with Crippen LogP contribution in [0.3, 0.4) is 0 Å². The molecule has 2 N–H and O–H groups in total. The molecule has 0 bridgehead atoms. The van der Waals surface area contributed by atoms with Crippen LogP contribution in [0.5, 0.6) is 0 Å². The van der Waals surface area contributed by atoms with Crippen molar-refractivity contribution in [2.45, 2.75) is 18.8 Å². The Kier molecular flexibility index (Phi) is 5.96. The second-order valence-corrected chi connectivity index (χ2v) is 9.04. The number of alkyl halides is 2. The van der Waals surface area contributed by atoms with Crippen LogP contribution in [0.1, 0.15) is 39.3 Å². The number of carbonyl (C=O) groups is 2. The highest BCUT2D eigenvalue weighted by atomic mass is 35.5. The molecule has 0 aromatic heterocycles. The Balaban J connectivity index is 1.52. The zero-order valence-electron chi connectivity index (χ0n) is 17.8. The number of amides is 2. The average Bonchev–Trinajstić information content (AvgIpc) is 3.29. The van der Waals surface area contributed by atoms with E-state index in [0.717, 1.165) is 57.6 Å². The molecule has 3 aromatic carbocycles. The molecule has 2 heterocycles. The number of halogens is 2. The molecule has 0 fully saturated rings. The van der Waals surface area contributed by atoms with Crippen LogP contribution in [0.2, 0.25) is 0 Å². The maximum Gasteiger partial charge on any atom is 0.256 e. The van der Waals surface area contributed by atoms with Crippen molar-refractivity contribution in [3.05, 3.63) is 94.0 Å². The van der Waals surface area contributed by atoms with Crippen molar-refractivity contribution in [3.63, 3.8) is 0 Å². The van der Waals surface area contributed by atoms with Crippen molar-refractivity contribution < 1.29 is 9.59 Å². The van der Waals surface area contributed by atoms with E-state index in [0.29, 0.717) is 17.3 Å². The number of hydrogen-bond acceptors (Lipinski definition) is 2. The number of rotatable bonds is 6. The van der Waals surface area contributed by atoms with Crippen molar-refractivity contribution in [3.8, 4) is 0 Å². The first-order valence-electron chi connectivity index (χ1n) is 10.9. The van der Waals surface area contributed by atoms with Crippen molar-refractivity contribution in [1.29, 1.82) is 0 Å². The van der Waals surface area contributed by atoms with Crippen molar-refractivity contribution in [1.82, 2.24) is 0 Å². The van der Waals surface area contributed by atoms with Gasteiger partial charge in [-0.2, -0.15) is 0 Å². The highest BCUT2D eigenvalue weighted by molar-refractivity contribution is 6.35. The minimum absolute atomic E-state index is 0.0486. The van der Waals surface area contributed by atoms with E-state index in [-0.39, 0.29) is 11.8 Å². The van der Waals surface area contributed by atoms with E-state index in [2.05, 4.69) is 16.7 Å². The van der Waals surface area contributed by atoms with Gasteiger partial charge in [-0.05, 0) is 64.9 Å². The fraction of sp³-hybridized carbons (Fsp3) is 0.185. The summed E-state index contributed by atoms with van der Waals surface area (Å²) in [5, 5.41) is 5.91. The van der Waals surface area contributed by atoms with E-state index in [1.54, 1.807) is 0 Å². The topological polar surface area (TPSA) is 58.2 Å². The predicted molar refractivity (Wildman–Crippen MR) is 135 cm³/mol. The zero-order valence-corrected chi connectivity index (χ0v) is 19.3. The van der Waals surface area contributed by atoms with Crippen LogP contribution in [-0.4, -0.2) is 23.6 Å². The summed E-state index contributed by atoms with van der Waals surface area (Å²) in [6.07, 6.45) is 3.38. The Morgan fingerprint density at radius 1 is 0.818 bits per heavy atom. The Bertz CT molecular complexity index is 1300. The predicted octanol–water partition coefficient (Wildman–Crippen LogP) is 5.83. The molecule has 1 atom stereocenters. The van der Waals surface area contributed by atoms with Gasteiger partial charge in [0.25, 0.3) is 5.91 Å². The lowest BCUT2D eigenvalue weighted by Gasteiger charge is -2.11. The van der Waals surface area contributed by atoms with Crippen LogP contribution < -0.4 is 10.6 Å². The van der Waals surface area contributed by atoms with Gasteiger partial charge in [-0.25, -0.2) is 0 Å². The van der Waals surface area contributed by atoms with E-state index in [1.807, 2.05) is 60.7 Å². The Morgan fingerprint density at radius 2 is 1.55 bits per heavy atom. The first-order valence-corrected chi connectivity index (χ1v) is 12.0. The molecule has 0 saturated carbocycles. The number of carbonyl (C=O) groups excluding carboxylic acids is 2. The third-order valence-electron chi connectivity index (χ3n) is 6.14. The standard InChI is InChI=1S/C27H22Cl2N2O2/c28-10-8-16-4-6-23-20(13-16)21(26(32)30-23)15-18-2-1-3-19(12-18)25-22-14-17(9-11-29)5-7-24(22)31-27(25)33/h1-7,12-15,25H,8-11H2,(H,30,32)(H,31,33)/b21-15-. The Morgan fingerprint density at radius 3 is 2.30 bits per heavy atom. The van der Waals surface area contributed by atoms with E-state index < -0.39 is 5.92 Å². The van der Waals surface area contributed by atoms with Crippen molar-refractivity contribution in [2.24, 2.45) is 0 Å². The minimum atomic E-state index is -0.395. The Hall–Kier alpha value is -3.08. The van der Waals surface area contributed by atoms with Gasteiger partial charge in [-0.15, -0.1) is 23.2 Å². The molecule has 1 unspecified atom stereocenters. The van der Waals surface area contributed by atoms with Gasteiger partial charge < -0.3 is 10.6 Å². The fourth-order valence-electron chi connectivity index (χ4n) is 4.54. The molecule has 0 aliphatic carbocycles. The summed E-state index contributed by atoms with van der Waals surface area (Å²) in [6, 6.07) is 19.7. The van der Waals surface area contributed by atoms with Crippen molar-refractivity contribution >= 4 is 58.0 Å². The minimum Gasteiger partial charge on any atom is -0.325 e. The number of fused-ring (bicyclic) bond motifs is 2. The van der Waals surface area contributed by atoms with Gasteiger partial charge in [0.2, 0.25) is 5.91 Å². The van der Waals surface area contributed by atoms with Crippen LogP contribution in [0.15, 0.2) is 60.7 Å². The van der Waals surface area contributed by atoms with Gasteiger partial charge in [0, 0.05) is 34.3 Å². The first kappa shape index (κ1) is 21.7. The summed E-state index contributed by atoms with van der Waals surface area (Å²) in [4.78, 5) is 25.5. The fourth-order valence-corrected chi connectivity index (χ4v) is 4.98. The van der Waals surface area contributed by atoms with E-state index >= 15 is 0 Å². The molecule has 166 valence electrons. The molecule has 0 spiro atoms. The SMILES string of the molecule is O=C1Nc2ccc(CCCl)cc2/C1=C/c1cccc(C2C(=O)Nc3ccc(CCCl)cc32)c1. The van der Waals surface area contributed by atoms with E-state index in [9.17, 15) is 9.59 Å². The molecule has 2 aliphatic heterocycles. The lowest BCUT2D eigenvalue weighted by molar-refractivity contribution is -0.116. The quantitative estimate of drug-likeness (QED) is 0.347. The zero-order chi connectivity index (χ0) is 22.9. The lowest BCUT2D eigenvalue weighted by Crippen LogP contribution is -2.13. The van der Waals surface area contributed by atoms with Crippen LogP contribution in [0.4, 0.5) is 11.4 Å². The molecule has 3 aromatic rings. The summed E-state index contributed by atoms with van der Waals surface area (Å²) in [5.41, 5.74) is 8.04. The van der Waals surface area contributed by atoms with Gasteiger partial charge >= 0.3 is 0 Å². The number of benzene rings is 3. The summed E-state index contributed by atoms with van der Waals surface area (Å²) in [6.45, 7) is 0. The Labute approximate surface area is 202 Å². The van der Waals surface area contributed by atoms with Gasteiger partial charge in [0.05, 0.1) is 5.92 Å². The van der Waals surface area contributed by atoms with Gasteiger partial charge in [0.1, 0.15) is 0 Å². The maximum atomic E-state index is 12.8. The lowest BCUT2D eigenvalue weighted by atomic mass is 9.90. The summed E-state index contributed by atoms with van der Waals surface area (Å²) in [5.74, 6) is 0.484. The molecule has 4 nitrogen and oxygen atoms in total. The molecule has 5 rings (SSSR count). The number of nitrogens with one attached hydrogen (secondary N) is 2. The highest BCUT2D eigenvalue weighted by Crippen LogP contribution is 2.39. The molecule has 0 saturated heterocycles. The maximum absolute atomic E-state index is 12.8. The number of hydrogen-bond donors (Lipinski definition) is 2. The van der Waals surface area contributed by atoms with Gasteiger partial charge in [-0.3, -0.25) is 9.59 Å². The second kappa shape index (κ2) is 9.05. The summed E-state index contributed by atoms with van der Waals surface area (Å²) < 4.78 is 0. The van der Waals surface area contributed by atoms with Crippen LogP contribution >= 0.6 is 23.2 Å². The monoisotopic (exact) mass is 476 g/mol. The normalized spacial score (nSPS) is 17.6. The number of anilines is 2. The van der Waals surface area contributed by atoms with Crippen LogP contribution in [0, 0.1) is 0 Å². The third-order valence-corrected chi connectivity index (χ3v) is 6.51. The average molecular weight is 477 g/mol. The molecular weight excluding hydrogens is 455 g/mol. The smallest absolute Gasteiger partial charge is 0.256 e. The molecule has 33 heavy (non-hydrogen) atoms. The van der Waals surface area contributed by atoms with Crippen LogP contribution in [-0.2, 0) is 22.4 Å². The van der Waals surface area contributed by atoms with E-state index in [4.69, 9.17) is 23.2 Å². The molecule has 2 amide bonds. The summed E-state index contributed by atoms with van der Waals surface area (Å²) >= 11 is 11.8.